The molecule has 5 atom stereocenters. The number of rotatable bonds is 2. The zero-order valence-corrected chi connectivity index (χ0v) is 10.2. The number of aliphatic hydroxyl groups excluding tert-OH is 1. The van der Waals surface area contributed by atoms with Crippen LogP contribution in [0.4, 0.5) is 0 Å². The average Bonchev–Trinajstić information content (AvgIpc) is 2.92. The fraction of sp³-hybridized carbons (Fsp3) is 0.625. The smallest absolute Gasteiger partial charge is 0.0642 e. The molecule has 1 aromatic carbocycles. The summed E-state index contributed by atoms with van der Waals surface area (Å²) in [5, 5.41) is 10.6. The molecule has 4 rings (SSSR count). The van der Waals surface area contributed by atoms with Crippen molar-refractivity contribution in [3.63, 3.8) is 0 Å². The van der Waals surface area contributed by atoms with Gasteiger partial charge in [0.05, 0.1) is 6.10 Å². The molecule has 0 saturated heterocycles. The van der Waals surface area contributed by atoms with Gasteiger partial charge >= 0.3 is 0 Å². The van der Waals surface area contributed by atoms with Crippen LogP contribution in [-0.2, 0) is 6.42 Å². The van der Waals surface area contributed by atoms with Crippen molar-refractivity contribution in [1.29, 1.82) is 0 Å². The van der Waals surface area contributed by atoms with Crippen molar-refractivity contribution in [2.45, 2.75) is 44.1 Å². The lowest BCUT2D eigenvalue weighted by atomic mass is 9.68. The highest BCUT2D eigenvalue weighted by Gasteiger charge is 2.46. The Morgan fingerprint density at radius 3 is 2.71 bits per heavy atom. The van der Waals surface area contributed by atoms with Gasteiger partial charge in [0.1, 0.15) is 0 Å². The molecular formula is C16H20O. The first-order valence-electron chi connectivity index (χ1n) is 7.09. The zero-order valence-electron chi connectivity index (χ0n) is 10.2. The fourth-order valence-corrected chi connectivity index (χ4v) is 4.61. The number of benzene rings is 1. The number of aliphatic hydroxyl groups is 1. The van der Waals surface area contributed by atoms with Gasteiger partial charge in [-0.2, -0.15) is 0 Å². The van der Waals surface area contributed by atoms with E-state index >= 15 is 0 Å². The lowest BCUT2D eigenvalue weighted by Gasteiger charge is -2.39. The molecule has 90 valence electrons. The number of hydrogen-bond donors (Lipinski definition) is 1. The highest BCUT2D eigenvalue weighted by Crippen LogP contribution is 2.53. The molecule has 2 bridgehead atoms. The van der Waals surface area contributed by atoms with Gasteiger partial charge in [0.2, 0.25) is 0 Å². The molecule has 1 heteroatoms. The van der Waals surface area contributed by atoms with Crippen LogP contribution in [0.3, 0.4) is 0 Å². The molecule has 2 fully saturated rings. The van der Waals surface area contributed by atoms with Gasteiger partial charge in [0.15, 0.2) is 0 Å². The Morgan fingerprint density at radius 1 is 1.12 bits per heavy atom. The summed E-state index contributed by atoms with van der Waals surface area (Å²) in [6, 6.07) is 8.64. The Labute approximate surface area is 103 Å². The van der Waals surface area contributed by atoms with Crippen molar-refractivity contribution < 1.29 is 5.11 Å². The first-order chi connectivity index (χ1) is 8.33. The summed E-state index contributed by atoms with van der Waals surface area (Å²) < 4.78 is 0. The van der Waals surface area contributed by atoms with Crippen LogP contribution in [-0.4, -0.2) is 11.2 Å². The minimum atomic E-state index is -0.0693. The molecule has 1 N–H and O–H groups in total. The lowest BCUT2D eigenvalue weighted by molar-refractivity contribution is 0.0446. The number of fused-ring (bicyclic) bond motifs is 3. The lowest BCUT2D eigenvalue weighted by Crippen LogP contribution is -2.36. The molecule has 17 heavy (non-hydrogen) atoms. The third-order valence-corrected chi connectivity index (χ3v) is 5.54. The largest absolute Gasteiger partial charge is 0.392 e. The minimum absolute atomic E-state index is 0.0693. The predicted molar refractivity (Wildman–Crippen MR) is 67.8 cm³/mol. The summed E-state index contributed by atoms with van der Waals surface area (Å²) in [5.74, 6) is 2.82. The Kier molecular flexibility index (Phi) is 2.14. The van der Waals surface area contributed by atoms with Gasteiger partial charge in [0, 0.05) is 5.92 Å². The van der Waals surface area contributed by atoms with E-state index in [4.69, 9.17) is 0 Å². The van der Waals surface area contributed by atoms with Gasteiger partial charge in [-0.25, -0.2) is 0 Å². The zero-order chi connectivity index (χ0) is 11.4. The minimum Gasteiger partial charge on any atom is -0.392 e. The van der Waals surface area contributed by atoms with Crippen molar-refractivity contribution in [2.24, 2.45) is 17.8 Å². The molecule has 3 aliphatic carbocycles. The van der Waals surface area contributed by atoms with E-state index in [0.29, 0.717) is 11.8 Å². The maximum atomic E-state index is 10.6. The van der Waals surface area contributed by atoms with Crippen LogP contribution in [0, 0.1) is 17.8 Å². The SMILES string of the molecule is OC(C1Cc2ccccc21)C1CC2CCC1C2. The van der Waals surface area contributed by atoms with E-state index in [1.54, 1.807) is 0 Å². The molecule has 0 amide bonds. The summed E-state index contributed by atoms with van der Waals surface area (Å²) in [6.45, 7) is 0. The number of hydrogen-bond acceptors (Lipinski definition) is 1. The Hall–Kier alpha value is -0.820. The van der Waals surface area contributed by atoms with Crippen molar-refractivity contribution in [3.8, 4) is 0 Å². The van der Waals surface area contributed by atoms with Crippen LogP contribution in [0.1, 0.15) is 42.7 Å². The van der Waals surface area contributed by atoms with Crippen LogP contribution in [0.2, 0.25) is 0 Å². The summed E-state index contributed by atoms with van der Waals surface area (Å²) >= 11 is 0. The molecule has 0 aliphatic heterocycles. The van der Waals surface area contributed by atoms with E-state index in [1.165, 1.54) is 36.8 Å². The summed E-state index contributed by atoms with van der Waals surface area (Å²) in [7, 11) is 0. The predicted octanol–water partition coefficient (Wildman–Crippen LogP) is 3.12. The maximum absolute atomic E-state index is 10.6. The van der Waals surface area contributed by atoms with Gasteiger partial charge < -0.3 is 5.11 Å². The fourth-order valence-electron chi connectivity index (χ4n) is 4.61. The molecule has 2 saturated carbocycles. The van der Waals surface area contributed by atoms with Crippen molar-refractivity contribution in [2.75, 3.05) is 0 Å². The second-order valence-corrected chi connectivity index (χ2v) is 6.34. The van der Waals surface area contributed by atoms with E-state index in [2.05, 4.69) is 24.3 Å². The van der Waals surface area contributed by atoms with E-state index in [0.717, 1.165) is 18.3 Å². The van der Waals surface area contributed by atoms with Crippen LogP contribution < -0.4 is 0 Å². The highest BCUT2D eigenvalue weighted by molar-refractivity contribution is 5.41. The van der Waals surface area contributed by atoms with Gasteiger partial charge in [-0.05, 0) is 54.6 Å². The van der Waals surface area contributed by atoms with E-state index in [-0.39, 0.29) is 6.10 Å². The first-order valence-corrected chi connectivity index (χ1v) is 7.09. The molecule has 0 aromatic heterocycles. The van der Waals surface area contributed by atoms with Crippen molar-refractivity contribution >= 4 is 0 Å². The van der Waals surface area contributed by atoms with Crippen molar-refractivity contribution in [3.05, 3.63) is 35.4 Å². The standard InChI is InChI=1S/C16H20O/c17-16(14-8-10-5-6-12(14)7-10)15-9-11-3-1-2-4-13(11)15/h1-4,10,12,14-17H,5-9H2. The molecule has 1 aromatic rings. The molecule has 0 radical (unpaired) electrons. The molecule has 0 heterocycles. The van der Waals surface area contributed by atoms with Crippen molar-refractivity contribution in [1.82, 2.24) is 0 Å². The third kappa shape index (κ3) is 1.41. The normalized spacial score (nSPS) is 39.8. The molecule has 5 unspecified atom stereocenters. The molecule has 0 spiro atoms. The first kappa shape index (κ1) is 10.1. The topological polar surface area (TPSA) is 20.2 Å². The second kappa shape index (κ2) is 3.58. The highest BCUT2D eigenvalue weighted by atomic mass is 16.3. The monoisotopic (exact) mass is 228 g/mol. The van der Waals surface area contributed by atoms with E-state index in [9.17, 15) is 5.11 Å². The van der Waals surface area contributed by atoms with E-state index < -0.39 is 0 Å². The Balaban J connectivity index is 1.54. The second-order valence-electron chi connectivity index (χ2n) is 6.34. The summed E-state index contributed by atoms with van der Waals surface area (Å²) in [4.78, 5) is 0. The van der Waals surface area contributed by atoms with Crippen LogP contribution >= 0.6 is 0 Å². The molecule has 3 aliphatic rings. The summed E-state index contributed by atoms with van der Waals surface area (Å²) in [5.41, 5.74) is 2.88. The van der Waals surface area contributed by atoms with Gasteiger partial charge in [-0.1, -0.05) is 30.7 Å². The van der Waals surface area contributed by atoms with Gasteiger partial charge in [-0.3, -0.25) is 0 Å². The molecule has 1 nitrogen and oxygen atoms in total. The maximum Gasteiger partial charge on any atom is 0.0642 e. The van der Waals surface area contributed by atoms with E-state index in [1.807, 2.05) is 0 Å². The van der Waals surface area contributed by atoms with Gasteiger partial charge in [-0.15, -0.1) is 0 Å². The Bertz CT molecular complexity index is 439. The van der Waals surface area contributed by atoms with Crippen LogP contribution in [0.5, 0.6) is 0 Å². The quantitative estimate of drug-likeness (QED) is 0.824. The van der Waals surface area contributed by atoms with Gasteiger partial charge in [0.25, 0.3) is 0 Å². The summed E-state index contributed by atoms with van der Waals surface area (Å²) in [6.07, 6.45) is 6.53. The molecular weight excluding hydrogens is 208 g/mol. The average molecular weight is 228 g/mol. The third-order valence-electron chi connectivity index (χ3n) is 5.54. The Morgan fingerprint density at radius 2 is 2.00 bits per heavy atom. The van der Waals surface area contributed by atoms with Crippen LogP contribution in [0.15, 0.2) is 24.3 Å². The van der Waals surface area contributed by atoms with Crippen LogP contribution in [0.25, 0.3) is 0 Å².